The molecule has 0 unspecified atom stereocenters. The summed E-state index contributed by atoms with van der Waals surface area (Å²) in [5.74, 6) is -0.416. The van der Waals surface area contributed by atoms with Crippen LogP contribution in [-0.2, 0) is 17.9 Å². The average Bonchev–Trinajstić information content (AvgIpc) is 3.49. The topological polar surface area (TPSA) is 120 Å². The molecule has 10 heteroatoms. The molecule has 2 amide bonds. The quantitative estimate of drug-likeness (QED) is 0.403. The summed E-state index contributed by atoms with van der Waals surface area (Å²) in [7, 11) is 0. The molecule has 5 rings (SSSR count). The number of nitrogens with one attached hydrogen (secondary N) is 2. The molecule has 1 fully saturated rings. The van der Waals surface area contributed by atoms with Crippen molar-refractivity contribution in [1.29, 1.82) is 0 Å². The summed E-state index contributed by atoms with van der Waals surface area (Å²) in [4.78, 5) is 52.5. The van der Waals surface area contributed by atoms with E-state index in [1.165, 1.54) is 8.97 Å². The number of para-hydroxylation sites is 1. The van der Waals surface area contributed by atoms with Crippen molar-refractivity contribution in [2.75, 3.05) is 5.32 Å². The number of benzene rings is 2. The molecule has 0 radical (unpaired) electrons. The Hall–Kier alpha value is -4.21. The SMILES string of the molecule is CC(C)Cn1c(=O)c2ccc(C(=O)NC3CCCC3)cc2n2c(=O)n(CC(=O)Nc3ccccc3)nc12. The Kier molecular flexibility index (Phi) is 6.64. The summed E-state index contributed by atoms with van der Waals surface area (Å²) in [5, 5.41) is 10.5. The van der Waals surface area contributed by atoms with Crippen LogP contribution in [0.2, 0.25) is 0 Å². The van der Waals surface area contributed by atoms with Crippen LogP contribution in [0, 0.1) is 5.92 Å². The lowest BCUT2D eigenvalue weighted by molar-refractivity contribution is -0.117. The average molecular weight is 503 g/mol. The van der Waals surface area contributed by atoms with E-state index >= 15 is 0 Å². The van der Waals surface area contributed by atoms with Gasteiger partial charge in [-0.25, -0.2) is 13.9 Å². The van der Waals surface area contributed by atoms with Gasteiger partial charge < -0.3 is 10.6 Å². The summed E-state index contributed by atoms with van der Waals surface area (Å²) in [5.41, 5.74) is 0.394. The first kappa shape index (κ1) is 24.5. The number of carbonyl (C=O) groups excluding carboxylic acids is 2. The van der Waals surface area contributed by atoms with E-state index < -0.39 is 11.6 Å². The second kappa shape index (κ2) is 10.0. The Bertz CT molecular complexity index is 1590. The number of anilines is 1. The van der Waals surface area contributed by atoms with Gasteiger partial charge >= 0.3 is 5.69 Å². The fourth-order valence-corrected chi connectivity index (χ4v) is 4.89. The summed E-state index contributed by atoms with van der Waals surface area (Å²) in [6.07, 6.45) is 4.07. The number of carbonyl (C=O) groups is 2. The molecule has 2 N–H and O–H groups in total. The highest BCUT2D eigenvalue weighted by Crippen LogP contribution is 2.19. The number of rotatable bonds is 7. The van der Waals surface area contributed by atoms with Crippen LogP contribution in [0.1, 0.15) is 49.9 Å². The van der Waals surface area contributed by atoms with E-state index in [-0.39, 0.29) is 35.7 Å². The molecule has 1 aliphatic carbocycles. The van der Waals surface area contributed by atoms with E-state index in [1.807, 2.05) is 19.9 Å². The molecule has 192 valence electrons. The monoisotopic (exact) mass is 502 g/mol. The van der Waals surface area contributed by atoms with E-state index in [9.17, 15) is 19.2 Å². The molecular weight excluding hydrogens is 472 g/mol. The molecule has 0 saturated heterocycles. The highest BCUT2D eigenvalue weighted by molar-refractivity contribution is 5.98. The van der Waals surface area contributed by atoms with Gasteiger partial charge in [-0.2, -0.15) is 0 Å². The minimum absolute atomic E-state index is 0.108. The highest BCUT2D eigenvalue weighted by Gasteiger charge is 2.22. The van der Waals surface area contributed by atoms with Gasteiger partial charge in [0.2, 0.25) is 11.7 Å². The number of nitrogens with zero attached hydrogens (tertiary/aromatic N) is 4. The fraction of sp³-hybridized carbons (Fsp3) is 0.370. The van der Waals surface area contributed by atoms with Gasteiger partial charge in [0.05, 0.1) is 10.9 Å². The summed E-state index contributed by atoms with van der Waals surface area (Å²) >= 11 is 0. The lowest BCUT2D eigenvalue weighted by Gasteiger charge is -2.14. The molecule has 10 nitrogen and oxygen atoms in total. The zero-order chi connectivity index (χ0) is 26.1. The fourth-order valence-electron chi connectivity index (χ4n) is 4.89. The van der Waals surface area contributed by atoms with Crippen LogP contribution >= 0.6 is 0 Å². The van der Waals surface area contributed by atoms with Crippen molar-refractivity contribution in [3.8, 4) is 0 Å². The molecule has 2 aromatic carbocycles. The molecule has 2 heterocycles. The normalized spacial score (nSPS) is 14.0. The van der Waals surface area contributed by atoms with Crippen LogP contribution in [0.25, 0.3) is 16.7 Å². The van der Waals surface area contributed by atoms with Gasteiger partial charge in [-0.05, 0) is 49.1 Å². The molecular formula is C27H30N6O4. The second-order valence-electron chi connectivity index (χ2n) is 9.99. The second-order valence-corrected chi connectivity index (χ2v) is 9.99. The molecule has 1 saturated carbocycles. The van der Waals surface area contributed by atoms with Crippen LogP contribution < -0.4 is 21.9 Å². The smallest absolute Gasteiger partial charge is 0.349 e. The Morgan fingerprint density at radius 2 is 1.78 bits per heavy atom. The van der Waals surface area contributed by atoms with Gasteiger partial charge in [0, 0.05) is 23.8 Å². The lowest BCUT2D eigenvalue weighted by Crippen LogP contribution is -2.33. The molecule has 0 atom stereocenters. The third kappa shape index (κ3) is 4.91. The largest absolute Gasteiger partial charge is 0.352 e. The van der Waals surface area contributed by atoms with Crippen LogP contribution in [0.15, 0.2) is 58.1 Å². The molecule has 0 aliphatic heterocycles. The maximum absolute atomic E-state index is 13.5. The van der Waals surface area contributed by atoms with Crippen molar-refractivity contribution in [3.63, 3.8) is 0 Å². The third-order valence-corrected chi connectivity index (χ3v) is 6.63. The van der Waals surface area contributed by atoms with Crippen LogP contribution in [-0.4, -0.2) is 36.6 Å². The van der Waals surface area contributed by atoms with Gasteiger partial charge in [0.25, 0.3) is 11.5 Å². The molecule has 2 aromatic heterocycles. The Labute approximate surface area is 212 Å². The molecule has 4 aromatic rings. The van der Waals surface area contributed by atoms with Gasteiger partial charge in [0.1, 0.15) is 6.54 Å². The molecule has 0 bridgehead atoms. The van der Waals surface area contributed by atoms with E-state index in [1.54, 1.807) is 42.5 Å². The van der Waals surface area contributed by atoms with Crippen molar-refractivity contribution in [1.82, 2.24) is 24.1 Å². The Morgan fingerprint density at radius 3 is 2.49 bits per heavy atom. The van der Waals surface area contributed by atoms with Gasteiger partial charge in [-0.1, -0.05) is 44.9 Å². The van der Waals surface area contributed by atoms with Gasteiger partial charge in [-0.15, -0.1) is 5.10 Å². The summed E-state index contributed by atoms with van der Waals surface area (Å²) < 4.78 is 3.83. The first-order valence-corrected chi connectivity index (χ1v) is 12.6. The third-order valence-electron chi connectivity index (χ3n) is 6.63. The standard InChI is InChI=1S/C27H30N6O4/c1-17(2)15-31-25(36)21-13-12-18(24(35)29-20-10-6-7-11-20)14-22(21)33-26(31)30-32(27(33)37)16-23(34)28-19-8-4-3-5-9-19/h3-5,8-9,12-14,17,20H,6-7,10-11,15-16H2,1-2H3,(H,28,34)(H,29,35). The number of aromatic nitrogens is 4. The van der Waals surface area contributed by atoms with Crippen molar-refractivity contribution in [2.45, 2.75) is 58.7 Å². The van der Waals surface area contributed by atoms with Gasteiger partial charge in [-0.3, -0.25) is 19.0 Å². The van der Waals surface area contributed by atoms with Crippen LogP contribution in [0.3, 0.4) is 0 Å². The Morgan fingerprint density at radius 1 is 1.05 bits per heavy atom. The van der Waals surface area contributed by atoms with Crippen molar-refractivity contribution < 1.29 is 9.59 Å². The number of hydrogen-bond donors (Lipinski definition) is 2. The number of hydrogen-bond acceptors (Lipinski definition) is 5. The predicted molar refractivity (Wildman–Crippen MR) is 141 cm³/mol. The molecule has 0 spiro atoms. The molecule has 1 aliphatic rings. The highest BCUT2D eigenvalue weighted by atomic mass is 16.2. The first-order chi connectivity index (χ1) is 17.8. The summed E-state index contributed by atoms with van der Waals surface area (Å²) in [6.45, 7) is 3.95. The summed E-state index contributed by atoms with van der Waals surface area (Å²) in [6, 6.07) is 13.8. The van der Waals surface area contributed by atoms with E-state index in [2.05, 4.69) is 15.7 Å². The zero-order valence-corrected chi connectivity index (χ0v) is 20.9. The number of amides is 2. The van der Waals surface area contributed by atoms with E-state index in [0.717, 1.165) is 30.4 Å². The zero-order valence-electron chi connectivity index (χ0n) is 20.9. The van der Waals surface area contributed by atoms with Crippen molar-refractivity contribution >= 4 is 34.2 Å². The lowest BCUT2D eigenvalue weighted by atomic mass is 10.1. The number of fused-ring (bicyclic) bond motifs is 3. The van der Waals surface area contributed by atoms with E-state index in [4.69, 9.17) is 0 Å². The van der Waals surface area contributed by atoms with Crippen LogP contribution in [0.5, 0.6) is 0 Å². The van der Waals surface area contributed by atoms with E-state index in [0.29, 0.717) is 28.7 Å². The maximum Gasteiger partial charge on any atom is 0.352 e. The minimum atomic E-state index is -0.561. The van der Waals surface area contributed by atoms with Crippen molar-refractivity contribution in [3.05, 3.63) is 74.9 Å². The maximum atomic E-state index is 13.5. The minimum Gasteiger partial charge on any atom is -0.349 e. The molecule has 37 heavy (non-hydrogen) atoms. The Balaban J connectivity index is 1.59. The van der Waals surface area contributed by atoms with Crippen LogP contribution in [0.4, 0.5) is 5.69 Å². The van der Waals surface area contributed by atoms with Crippen molar-refractivity contribution in [2.24, 2.45) is 5.92 Å². The predicted octanol–water partition coefficient (Wildman–Crippen LogP) is 2.78. The first-order valence-electron chi connectivity index (χ1n) is 12.6. The van der Waals surface area contributed by atoms with Gasteiger partial charge in [0.15, 0.2) is 0 Å².